The van der Waals surface area contributed by atoms with Crippen LogP contribution in [0.5, 0.6) is 5.75 Å². The number of nitrogens with one attached hydrogen (secondary N) is 1. The van der Waals surface area contributed by atoms with Crippen molar-refractivity contribution in [2.45, 2.75) is 26.0 Å². The first-order chi connectivity index (χ1) is 10.1. The molecule has 1 N–H and O–H groups in total. The van der Waals surface area contributed by atoms with Gasteiger partial charge in [0.25, 0.3) is 0 Å². The summed E-state index contributed by atoms with van der Waals surface area (Å²) in [5.74, 6) is 0.639. The van der Waals surface area contributed by atoms with Gasteiger partial charge >= 0.3 is 0 Å². The van der Waals surface area contributed by atoms with E-state index in [0.29, 0.717) is 28.4 Å². The van der Waals surface area contributed by atoms with E-state index in [-0.39, 0.29) is 6.10 Å². The third-order valence-corrected chi connectivity index (χ3v) is 3.58. The summed E-state index contributed by atoms with van der Waals surface area (Å²) in [6.45, 7) is 4.93. The Morgan fingerprint density at radius 3 is 2.38 bits per heavy atom. The van der Waals surface area contributed by atoms with Crippen LogP contribution in [-0.4, -0.2) is 12.6 Å². The van der Waals surface area contributed by atoms with E-state index in [1.54, 1.807) is 18.2 Å². The van der Waals surface area contributed by atoms with Gasteiger partial charge in [-0.25, -0.2) is 0 Å². The molecule has 2 nitrogen and oxygen atoms in total. The minimum Gasteiger partial charge on any atom is -0.483 e. The summed E-state index contributed by atoms with van der Waals surface area (Å²) in [4.78, 5) is 0. The topological polar surface area (TPSA) is 21.3 Å². The Labute approximate surface area is 136 Å². The zero-order chi connectivity index (χ0) is 15.2. The molecule has 0 saturated carbocycles. The molecule has 0 aliphatic carbocycles. The molecule has 21 heavy (non-hydrogen) atoms. The van der Waals surface area contributed by atoms with Crippen molar-refractivity contribution < 1.29 is 4.74 Å². The van der Waals surface area contributed by atoms with Crippen LogP contribution in [-0.2, 0) is 0 Å². The Morgan fingerprint density at radius 2 is 1.76 bits per heavy atom. The summed E-state index contributed by atoms with van der Waals surface area (Å²) in [7, 11) is 0. The third-order valence-electron chi connectivity index (χ3n) is 3.05. The Balaban J connectivity index is 2.19. The Hall–Kier alpha value is -1.22. The maximum absolute atomic E-state index is 6.19. The lowest BCUT2D eigenvalue weighted by Crippen LogP contribution is -2.30. The average Bonchev–Trinajstić information content (AvgIpc) is 2.46. The summed E-state index contributed by atoms with van der Waals surface area (Å²) < 4.78 is 6.08. The zero-order valence-corrected chi connectivity index (χ0v) is 13.7. The number of benzene rings is 2. The molecule has 0 amide bonds. The van der Waals surface area contributed by atoms with Crippen LogP contribution in [0.3, 0.4) is 0 Å². The van der Waals surface area contributed by atoms with Crippen molar-refractivity contribution in [3.8, 4) is 5.75 Å². The highest BCUT2D eigenvalue weighted by Crippen LogP contribution is 2.31. The van der Waals surface area contributed by atoms with Gasteiger partial charge in [0.15, 0.2) is 0 Å². The zero-order valence-electron chi connectivity index (χ0n) is 12.1. The van der Waals surface area contributed by atoms with Crippen LogP contribution in [0.2, 0.25) is 10.0 Å². The summed E-state index contributed by atoms with van der Waals surface area (Å²) in [6, 6.07) is 15.8. The standard InChI is InChI=1S/C17H19Cl2NO/c1-12(2)20-11-17(13-6-4-3-5-7-13)21-16-9-8-14(18)10-15(16)19/h3-10,12,17,20H,11H2,1-2H3. The minimum absolute atomic E-state index is 0.104. The molecule has 0 aliphatic rings. The predicted molar refractivity (Wildman–Crippen MR) is 89.4 cm³/mol. The first-order valence-electron chi connectivity index (χ1n) is 6.96. The van der Waals surface area contributed by atoms with Crippen molar-refractivity contribution in [3.63, 3.8) is 0 Å². The van der Waals surface area contributed by atoms with Crippen LogP contribution < -0.4 is 10.1 Å². The molecular weight excluding hydrogens is 305 g/mol. The predicted octanol–water partition coefficient (Wildman–Crippen LogP) is 5.11. The molecule has 0 heterocycles. The van der Waals surface area contributed by atoms with E-state index in [4.69, 9.17) is 27.9 Å². The largest absolute Gasteiger partial charge is 0.483 e. The lowest BCUT2D eigenvalue weighted by Gasteiger charge is -2.22. The number of ether oxygens (including phenoxy) is 1. The van der Waals surface area contributed by atoms with Crippen molar-refractivity contribution in [1.29, 1.82) is 0 Å². The Bertz CT molecular complexity index is 572. The number of rotatable bonds is 6. The molecule has 2 aromatic carbocycles. The molecule has 2 aromatic rings. The van der Waals surface area contributed by atoms with Crippen molar-refractivity contribution in [2.24, 2.45) is 0 Å². The fourth-order valence-corrected chi connectivity index (χ4v) is 2.42. The number of hydrogen-bond donors (Lipinski definition) is 1. The molecule has 4 heteroatoms. The van der Waals surface area contributed by atoms with E-state index in [0.717, 1.165) is 5.56 Å². The van der Waals surface area contributed by atoms with E-state index in [1.165, 1.54) is 0 Å². The maximum Gasteiger partial charge on any atom is 0.139 e. The number of hydrogen-bond acceptors (Lipinski definition) is 2. The monoisotopic (exact) mass is 323 g/mol. The molecule has 0 bridgehead atoms. The molecule has 0 aromatic heterocycles. The Morgan fingerprint density at radius 1 is 1.05 bits per heavy atom. The van der Waals surface area contributed by atoms with E-state index in [1.807, 2.05) is 18.2 Å². The molecule has 2 rings (SSSR count). The van der Waals surface area contributed by atoms with Crippen LogP contribution in [0.15, 0.2) is 48.5 Å². The fraction of sp³-hybridized carbons (Fsp3) is 0.294. The highest BCUT2D eigenvalue weighted by molar-refractivity contribution is 6.35. The lowest BCUT2D eigenvalue weighted by molar-refractivity contribution is 0.198. The first-order valence-corrected chi connectivity index (χ1v) is 7.72. The normalized spacial score (nSPS) is 12.4. The second-order valence-electron chi connectivity index (χ2n) is 5.15. The van der Waals surface area contributed by atoms with Gasteiger partial charge in [0, 0.05) is 17.6 Å². The molecule has 1 unspecified atom stereocenters. The molecule has 0 aliphatic heterocycles. The molecule has 0 spiro atoms. The van der Waals surface area contributed by atoms with Crippen molar-refractivity contribution in [3.05, 3.63) is 64.1 Å². The van der Waals surface area contributed by atoms with E-state index < -0.39 is 0 Å². The second-order valence-corrected chi connectivity index (χ2v) is 6.00. The molecule has 112 valence electrons. The quantitative estimate of drug-likeness (QED) is 0.797. The molecular formula is C17H19Cl2NO. The van der Waals surface area contributed by atoms with Crippen LogP contribution in [0.4, 0.5) is 0 Å². The smallest absolute Gasteiger partial charge is 0.139 e. The lowest BCUT2D eigenvalue weighted by atomic mass is 10.1. The average molecular weight is 324 g/mol. The SMILES string of the molecule is CC(C)NCC(Oc1ccc(Cl)cc1Cl)c1ccccc1. The van der Waals surface area contributed by atoms with Crippen LogP contribution in [0.1, 0.15) is 25.5 Å². The molecule has 0 saturated heterocycles. The van der Waals surface area contributed by atoms with E-state index >= 15 is 0 Å². The van der Waals surface area contributed by atoms with Crippen molar-refractivity contribution >= 4 is 23.2 Å². The summed E-state index contributed by atoms with van der Waals surface area (Å²) in [5, 5.41) is 4.52. The minimum atomic E-state index is -0.104. The molecule has 0 fully saturated rings. The van der Waals surface area contributed by atoms with E-state index in [9.17, 15) is 0 Å². The molecule has 0 radical (unpaired) electrons. The van der Waals surface area contributed by atoms with Gasteiger partial charge in [-0.05, 0) is 23.8 Å². The molecule has 1 atom stereocenters. The van der Waals surface area contributed by atoms with Gasteiger partial charge in [-0.2, -0.15) is 0 Å². The van der Waals surface area contributed by atoms with E-state index in [2.05, 4.69) is 31.3 Å². The highest BCUT2D eigenvalue weighted by atomic mass is 35.5. The van der Waals surface area contributed by atoms with Gasteiger partial charge in [-0.1, -0.05) is 67.4 Å². The van der Waals surface area contributed by atoms with Crippen molar-refractivity contribution in [1.82, 2.24) is 5.32 Å². The van der Waals surface area contributed by atoms with Crippen LogP contribution in [0.25, 0.3) is 0 Å². The summed E-state index contributed by atoms with van der Waals surface area (Å²) in [6.07, 6.45) is -0.104. The first kappa shape index (κ1) is 16.2. The van der Waals surface area contributed by atoms with Crippen molar-refractivity contribution in [2.75, 3.05) is 6.54 Å². The van der Waals surface area contributed by atoms with Gasteiger partial charge in [0.05, 0.1) is 5.02 Å². The van der Waals surface area contributed by atoms with Gasteiger partial charge in [0.1, 0.15) is 11.9 Å². The van der Waals surface area contributed by atoms with Gasteiger partial charge in [0.2, 0.25) is 0 Å². The number of halogens is 2. The maximum atomic E-state index is 6.19. The summed E-state index contributed by atoms with van der Waals surface area (Å²) in [5.41, 5.74) is 1.11. The summed E-state index contributed by atoms with van der Waals surface area (Å²) >= 11 is 12.1. The van der Waals surface area contributed by atoms with Gasteiger partial charge in [-0.15, -0.1) is 0 Å². The second kappa shape index (κ2) is 7.69. The fourth-order valence-electron chi connectivity index (χ4n) is 1.96. The third kappa shape index (κ3) is 4.92. The van der Waals surface area contributed by atoms with Crippen LogP contribution in [0, 0.1) is 0 Å². The van der Waals surface area contributed by atoms with Crippen LogP contribution >= 0.6 is 23.2 Å². The van der Waals surface area contributed by atoms with Gasteiger partial charge < -0.3 is 10.1 Å². The highest BCUT2D eigenvalue weighted by Gasteiger charge is 2.15. The van der Waals surface area contributed by atoms with Gasteiger partial charge in [-0.3, -0.25) is 0 Å². The Kier molecular flexibility index (Phi) is 5.92.